The highest BCUT2D eigenvalue weighted by Gasteiger charge is 2.28. The molecule has 0 aliphatic carbocycles. The molecule has 9 nitrogen and oxygen atoms in total. The largest absolute Gasteiger partial charge is 0.366 e. The van der Waals surface area contributed by atoms with Crippen LogP contribution >= 0.6 is 0 Å². The summed E-state index contributed by atoms with van der Waals surface area (Å²) >= 11 is 0. The zero-order chi connectivity index (χ0) is 27.3. The van der Waals surface area contributed by atoms with Gasteiger partial charge in [-0.05, 0) is 55.6 Å². The summed E-state index contributed by atoms with van der Waals surface area (Å²) in [5.74, 6) is -2.09. The number of primary amides is 1. The third-order valence-electron chi connectivity index (χ3n) is 5.97. The van der Waals surface area contributed by atoms with Crippen molar-refractivity contribution in [1.82, 2.24) is 10.6 Å². The van der Waals surface area contributed by atoms with E-state index in [-0.39, 0.29) is 17.7 Å². The number of nitrogens with one attached hydrogen (secondary N) is 3. The number of amides is 4. The minimum absolute atomic E-state index is 0.157. The van der Waals surface area contributed by atoms with Crippen molar-refractivity contribution in [2.45, 2.75) is 37.8 Å². The third kappa shape index (κ3) is 8.28. The summed E-state index contributed by atoms with van der Waals surface area (Å²) in [4.78, 5) is 51.4. The molecule has 0 saturated heterocycles. The molecule has 0 fully saturated rings. The second-order valence-corrected chi connectivity index (χ2v) is 8.83. The van der Waals surface area contributed by atoms with Crippen LogP contribution in [-0.4, -0.2) is 42.3 Å². The van der Waals surface area contributed by atoms with E-state index in [1.54, 1.807) is 48.5 Å². The topological polar surface area (TPSA) is 156 Å². The lowest BCUT2D eigenvalue weighted by atomic mass is 10.0. The summed E-state index contributed by atoms with van der Waals surface area (Å²) in [7, 11) is 0. The van der Waals surface area contributed by atoms with Gasteiger partial charge in [0.2, 0.25) is 11.8 Å². The summed E-state index contributed by atoms with van der Waals surface area (Å²) in [5.41, 5.74) is 12.7. The Bertz CT molecular complexity index is 1230. The number of benzene rings is 3. The second-order valence-electron chi connectivity index (χ2n) is 8.83. The average molecular weight is 516 g/mol. The summed E-state index contributed by atoms with van der Waals surface area (Å²) < 4.78 is 0. The highest BCUT2D eigenvalue weighted by Crippen LogP contribution is 2.16. The lowest BCUT2D eigenvalue weighted by molar-refractivity contribution is -0.127. The van der Waals surface area contributed by atoms with Crippen LogP contribution in [0.4, 0.5) is 5.69 Å². The molecule has 0 saturated carbocycles. The van der Waals surface area contributed by atoms with Crippen molar-refractivity contribution in [3.8, 4) is 0 Å². The molecule has 7 N–H and O–H groups in total. The number of hydrogen-bond donors (Lipinski definition) is 5. The van der Waals surface area contributed by atoms with Gasteiger partial charge >= 0.3 is 0 Å². The minimum atomic E-state index is -0.937. The first-order valence-corrected chi connectivity index (χ1v) is 12.5. The van der Waals surface area contributed by atoms with Gasteiger partial charge in [-0.25, -0.2) is 0 Å². The first-order valence-electron chi connectivity index (χ1n) is 12.5. The van der Waals surface area contributed by atoms with E-state index in [0.717, 1.165) is 5.56 Å². The highest BCUT2D eigenvalue weighted by molar-refractivity contribution is 6.05. The van der Waals surface area contributed by atoms with Gasteiger partial charge in [-0.3, -0.25) is 19.2 Å². The van der Waals surface area contributed by atoms with Gasteiger partial charge < -0.3 is 27.4 Å². The first-order chi connectivity index (χ1) is 18.4. The first kappa shape index (κ1) is 28.1. The Kier molecular flexibility index (Phi) is 10.6. The van der Waals surface area contributed by atoms with Crippen LogP contribution < -0.4 is 27.4 Å². The lowest BCUT2D eigenvalue weighted by Gasteiger charge is -2.24. The molecule has 0 aromatic heterocycles. The SMILES string of the molecule is NCCCC[C@H](NC(=O)[C@H](Cc1ccccc1)NC(=O)c1ccccc1)C(=O)Nc1ccccc1C(N)=O. The molecule has 3 aromatic rings. The number of carbonyl (C=O) groups is 4. The number of unbranched alkanes of at least 4 members (excludes halogenated alkanes) is 1. The molecular weight excluding hydrogens is 482 g/mol. The van der Waals surface area contributed by atoms with Crippen molar-refractivity contribution < 1.29 is 19.2 Å². The number of rotatable bonds is 13. The quantitative estimate of drug-likeness (QED) is 0.221. The normalized spacial score (nSPS) is 12.1. The highest BCUT2D eigenvalue weighted by atomic mass is 16.2. The van der Waals surface area contributed by atoms with Gasteiger partial charge in [0.25, 0.3) is 11.8 Å². The summed E-state index contributed by atoms with van der Waals surface area (Å²) in [6, 6.07) is 22.4. The molecule has 198 valence electrons. The Morgan fingerprint density at radius 3 is 2.00 bits per heavy atom. The standard InChI is InChI=1S/C29H33N5O4/c30-18-10-9-17-24(28(37)32-23-16-8-7-15-22(23)26(31)35)33-29(38)25(19-20-11-3-1-4-12-20)34-27(36)21-13-5-2-6-14-21/h1-8,11-16,24-25H,9-10,17-19,30H2,(H2,31,35)(H,32,37)(H,33,38)(H,34,36)/t24-,25-/m0/s1. The Morgan fingerprint density at radius 2 is 1.34 bits per heavy atom. The fourth-order valence-corrected chi connectivity index (χ4v) is 3.95. The Hall–Kier alpha value is -4.50. The molecular formula is C29H33N5O4. The molecule has 0 aliphatic heterocycles. The van der Waals surface area contributed by atoms with Crippen LogP contribution in [0, 0.1) is 0 Å². The second kappa shape index (κ2) is 14.3. The number of nitrogens with two attached hydrogens (primary N) is 2. The van der Waals surface area contributed by atoms with Crippen molar-refractivity contribution >= 4 is 29.3 Å². The van der Waals surface area contributed by atoms with Gasteiger partial charge in [-0.2, -0.15) is 0 Å². The monoisotopic (exact) mass is 515 g/mol. The smallest absolute Gasteiger partial charge is 0.251 e. The maximum absolute atomic E-state index is 13.5. The van der Waals surface area contributed by atoms with E-state index < -0.39 is 35.7 Å². The Balaban J connectivity index is 1.81. The number of carbonyl (C=O) groups excluding carboxylic acids is 4. The number of anilines is 1. The van der Waals surface area contributed by atoms with E-state index in [4.69, 9.17) is 11.5 Å². The van der Waals surface area contributed by atoms with Crippen LogP contribution in [0.25, 0.3) is 0 Å². The van der Waals surface area contributed by atoms with Crippen LogP contribution in [0.2, 0.25) is 0 Å². The molecule has 3 aromatic carbocycles. The van der Waals surface area contributed by atoms with E-state index in [1.807, 2.05) is 30.3 Å². The van der Waals surface area contributed by atoms with Crippen LogP contribution in [0.5, 0.6) is 0 Å². The van der Waals surface area contributed by atoms with E-state index >= 15 is 0 Å². The lowest BCUT2D eigenvalue weighted by Crippen LogP contribution is -2.53. The zero-order valence-electron chi connectivity index (χ0n) is 21.1. The van der Waals surface area contributed by atoms with Crippen LogP contribution in [0.3, 0.4) is 0 Å². The van der Waals surface area contributed by atoms with Gasteiger partial charge in [0, 0.05) is 12.0 Å². The Labute approximate surface area is 222 Å². The van der Waals surface area contributed by atoms with Crippen molar-refractivity contribution in [2.24, 2.45) is 11.5 Å². The molecule has 9 heteroatoms. The molecule has 0 heterocycles. The van der Waals surface area contributed by atoms with Gasteiger partial charge in [0.15, 0.2) is 0 Å². The van der Waals surface area contributed by atoms with Crippen molar-refractivity contribution in [3.63, 3.8) is 0 Å². The molecule has 3 rings (SSSR count). The Morgan fingerprint density at radius 1 is 0.711 bits per heavy atom. The third-order valence-corrected chi connectivity index (χ3v) is 5.97. The van der Waals surface area contributed by atoms with E-state index in [1.165, 1.54) is 6.07 Å². The number of para-hydroxylation sites is 1. The van der Waals surface area contributed by atoms with Crippen molar-refractivity contribution in [3.05, 3.63) is 102 Å². The molecule has 38 heavy (non-hydrogen) atoms. The maximum Gasteiger partial charge on any atom is 0.251 e. The molecule has 2 atom stereocenters. The average Bonchev–Trinajstić information content (AvgIpc) is 2.93. The molecule has 0 radical (unpaired) electrons. The van der Waals surface area contributed by atoms with Crippen LogP contribution in [-0.2, 0) is 16.0 Å². The minimum Gasteiger partial charge on any atom is -0.366 e. The molecule has 0 spiro atoms. The molecule has 0 aliphatic rings. The van der Waals surface area contributed by atoms with Gasteiger partial charge in [-0.15, -0.1) is 0 Å². The van der Waals surface area contributed by atoms with E-state index in [9.17, 15) is 19.2 Å². The van der Waals surface area contributed by atoms with E-state index in [2.05, 4.69) is 16.0 Å². The fraction of sp³-hybridized carbons (Fsp3) is 0.241. The summed E-state index contributed by atoms with van der Waals surface area (Å²) in [5, 5.41) is 8.31. The van der Waals surface area contributed by atoms with Gasteiger partial charge in [-0.1, -0.05) is 60.7 Å². The van der Waals surface area contributed by atoms with E-state index in [0.29, 0.717) is 31.4 Å². The summed E-state index contributed by atoms with van der Waals surface area (Å²) in [6.45, 7) is 0.441. The van der Waals surface area contributed by atoms with Gasteiger partial charge in [0.1, 0.15) is 12.1 Å². The predicted molar refractivity (Wildman–Crippen MR) is 146 cm³/mol. The summed E-state index contributed by atoms with van der Waals surface area (Å²) in [6.07, 6.45) is 1.80. The molecule has 0 bridgehead atoms. The maximum atomic E-state index is 13.5. The van der Waals surface area contributed by atoms with Crippen LogP contribution in [0.1, 0.15) is 45.5 Å². The fourth-order valence-electron chi connectivity index (χ4n) is 3.95. The van der Waals surface area contributed by atoms with Crippen molar-refractivity contribution in [2.75, 3.05) is 11.9 Å². The number of hydrogen-bond acceptors (Lipinski definition) is 5. The molecule has 4 amide bonds. The van der Waals surface area contributed by atoms with Gasteiger partial charge in [0.05, 0.1) is 11.3 Å². The molecule has 0 unspecified atom stereocenters. The van der Waals surface area contributed by atoms with Crippen molar-refractivity contribution in [1.29, 1.82) is 0 Å². The van der Waals surface area contributed by atoms with Crippen LogP contribution in [0.15, 0.2) is 84.9 Å². The predicted octanol–water partition coefficient (Wildman–Crippen LogP) is 2.38. The zero-order valence-corrected chi connectivity index (χ0v) is 21.1.